The predicted octanol–water partition coefficient (Wildman–Crippen LogP) is 4.30. The van der Waals surface area contributed by atoms with Crippen LogP contribution in [0.2, 0.25) is 0 Å². The summed E-state index contributed by atoms with van der Waals surface area (Å²) in [5, 5.41) is 11.3. The zero-order valence-electron chi connectivity index (χ0n) is 19.4. The summed E-state index contributed by atoms with van der Waals surface area (Å²) in [6.45, 7) is 3.86. The molecule has 1 amide bonds. The van der Waals surface area contributed by atoms with Gasteiger partial charge in [-0.05, 0) is 31.4 Å². The molecule has 176 valence electrons. The Labute approximate surface area is 201 Å². The van der Waals surface area contributed by atoms with Crippen molar-refractivity contribution in [2.45, 2.75) is 32.6 Å². The molecule has 1 saturated heterocycles. The number of nitrogens with one attached hydrogen (secondary N) is 3. The summed E-state index contributed by atoms with van der Waals surface area (Å²) in [5.41, 5.74) is 6.54. The molecule has 3 N–H and O–H groups in total. The molecule has 1 fully saturated rings. The SMILES string of the molecule is CCC(=O)Nc1cncc(-c2cc3c(-c4nc5c(N6CCCCC6)cncc5[nH]4)n[nH]c3cn2)c1. The third-order valence-corrected chi connectivity index (χ3v) is 6.38. The van der Waals surface area contributed by atoms with Gasteiger partial charge in [-0.2, -0.15) is 5.10 Å². The lowest BCUT2D eigenvalue weighted by Gasteiger charge is -2.28. The maximum absolute atomic E-state index is 11.8. The van der Waals surface area contributed by atoms with Crippen LogP contribution < -0.4 is 10.2 Å². The van der Waals surface area contributed by atoms with E-state index in [0.717, 1.165) is 52.0 Å². The summed E-state index contributed by atoms with van der Waals surface area (Å²) in [6, 6.07) is 3.83. The van der Waals surface area contributed by atoms with Crippen LogP contribution in [0.4, 0.5) is 11.4 Å². The second-order valence-electron chi connectivity index (χ2n) is 8.74. The van der Waals surface area contributed by atoms with Gasteiger partial charge in [-0.25, -0.2) is 4.98 Å². The molecule has 6 heterocycles. The Bertz CT molecular complexity index is 1530. The number of carbonyl (C=O) groups is 1. The van der Waals surface area contributed by atoms with Gasteiger partial charge in [-0.15, -0.1) is 0 Å². The second kappa shape index (κ2) is 8.79. The van der Waals surface area contributed by atoms with Crippen LogP contribution in [0, 0.1) is 0 Å². The van der Waals surface area contributed by atoms with Crippen molar-refractivity contribution in [2.75, 3.05) is 23.3 Å². The molecule has 0 bridgehead atoms. The zero-order valence-corrected chi connectivity index (χ0v) is 19.4. The average molecular weight is 468 g/mol. The monoisotopic (exact) mass is 467 g/mol. The van der Waals surface area contributed by atoms with Crippen LogP contribution in [0.1, 0.15) is 32.6 Å². The van der Waals surface area contributed by atoms with Gasteiger partial charge >= 0.3 is 0 Å². The van der Waals surface area contributed by atoms with Crippen molar-refractivity contribution >= 4 is 39.2 Å². The Kier molecular flexibility index (Phi) is 5.32. The van der Waals surface area contributed by atoms with Crippen molar-refractivity contribution in [1.29, 1.82) is 0 Å². The molecule has 0 atom stereocenters. The molecular weight excluding hydrogens is 442 g/mol. The van der Waals surface area contributed by atoms with E-state index in [-0.39, 0.29) is 5.91 Å². The first kappa shape index (κ1) is 21.2. The average Bonchev–Trinajstić information content (AvgIpc) is 3.53. The maximum Gasteiger partial charge on any atom is 0.224 e. The maximum atomic E-state index is 11.8. The number of fused-ring (bicyclic) bond motifs is 2. The first-order chi connectivity index (χ1) is 17.2. The van der Waals surface area contributed by atoms with E-state index in [9.17, 15) is 4.79 Å². The van der Waals surface area contributed by atoms with Crippen molar-refractivity contribution in [3.8, 4) is 22.8 Å². The number of aromatic nitrogens is 7. The van der Waals surface area contributed by atoms with Crippen LogP contribution in [0.25, 0.3) is 44.7 Å². The van der Waals surface area contributed by atoms with Gasteiger partial charge in [-0.3, -0.25) is 24.8 Å². The van der Waals surface area contributed by atoms with Crippen molar-refractivity contribution < 1.29 is 4.79 Å². The fourth-order valence-corrected chi connectivity index (χ4v) is 4.55. The van der Waals surface area contributed by atoms with Crippen LogP contribution in [0.5, 0.6) is 0 Å². The third-order valence-electron chi connectivity index (χ3n) is 6.38. The van der Waals surface area contributed by atoms with Gasteiger partial charge in [0.1, 0.15) is 11.2 Å². The van der Waals surface area contributed by atoms with E-state index < -0.39 is 0 Å². The van der Waals surface area contributed by atoms with Gasteiger partial charge in [0.25, 0.3) is 0 Å². The Morgan fingerprint density at radius 2 is 1.89 bits per heavy atom. The number of piperidine rings is 1. The number of hydrogen-bond donors (Lipinski definition) is 3. The molecule has 10 heteroatoms. The molecular formula is C25H25N9O. The van der Waals surface area contributed by atoms with Gasteiger partial charge in [0.15, 0.2) is 5.82 Å². The Morgan fingerprint density at radius 1 is 1.03 bits per heavy atom. The lowest BCUT2D eigenvalue weighted by Crippen LogP contribution is -2.29. The number of amides is 1. The molecule has 5 aromatic heterocycles. The van der Waals surface area contributed by atoms with Crippen LogP contribution >= 0.6 is 0 Å². The fourth-order valence-electron chi connectivity index (χ4n) is 4.55. The summed E-state index contributed by atoms with van der Waals surface area (Å²) >= 11 is 0. The minimum absolute atomic E-state index is 0.0622. The van der Waals surface area contributed by atoms with E-state index in [4.69, 9.17) is 4.98 Å². The third kappa shape index (κ3) is 3.96. The summed E-state index contributed by atoms with van der Waals surface area (Å²) in [5.74, 6) is 0.615. The smallest absolute Gasteiger partial charge is 0.224 e. The van der Waals surface area contributed by atoms with E-state index in [2.05, 4.69) is 40.3 Å². The highest BCUT2D eigenvalue weighted by Crippen LogP contribution is 2.32. The lowest BCUT2D eigenvalue weighted by atomic mass is 10.1. The molecule has 10 nitrogen and oxygen atoms in total. The Hall–Kier alpha value is -4.34. The van der Waals surface area contributed by atoms with Crippen LogP contribution in [0.15, 0.2) is 43.1 Å². The molecule has 0 saturated carbocycles. The number of nitrogens with zero attached hydrogens (tertiary/aromatic N) is 6. The van der Waals surface area contributed by atoms with E-state index in [1.165, 1.54) is 19.3 Å². The molecule has 0 spiro atoms. The van der Waals surface area contributed by atoms with Crippen LogP contribution in [-0.2, 0) is 4.79 Å². The molecule has 0 aliphatic carbocycles. The normalized spacial score (nSPS) is 14.0. The van der Waals surface area contributed by atoms with E-state index >= 15 is 0 Å². The standard InChI is InChI=1S/C25H25N9O/c1-2-22(35)29-16-8-15(10-26-11-16)18-9-17-19(13-28-18)32-33-23(17)25-30-20-12-27-14-21(24(20)31-25)34-6-4-3-5-7-34/h8-14H,2-7H2,1H3,(H,29,35)(H,30,31)(H,32,33). The Balaban J connectivity index is 1.39. The molecule has 0 radical (unpaired) electrons. The van der Waals surface area contributed by atoms with Crippen molar-refractivity contribution in [1.82, 2.24) is 35.1 Å². The van der Waals surface area contributed by atoms with Gasteiger partial charge in [0.05, 0.1) is 52.9 Å². The minimum Gasteiger partial charge on any atom is -0.368 e. The highest BCUT2D eigenvalue weighted by atomic mass is 16.1. The molecule has 6 rings (SSSR count). The largest absolute Gasteiger partial charge is 0.368 e. The van der Waals surface area contributed by atoms with E-state index in [1.807, 2.05) is 31.5 Å². The quantitative estimate of drug-likeness (QED) is 0.351. The molecule has 1 aliphatic heterocycles. The zero-order chi connectivity index (χ0) is 23.8. The minimum atomic E-state index is -0.0622. The molecule has 1 aliphatic rings. The number of carbonyl (C=O) groups excluding carboxylic acids is 1. The summed E-state index contributed by atoms with van der Waals surface area (Å²) in [7, 11) is 0. The van der Waals surface area contributed by atoms with E-state index in [1.54, 1.807) is 18.6 Å². The number of aromatic amines is 2. The van der Waals surface area contributed by atoms with E-state index in [0.29, 0.717) is 23.6 Å². The van der Waals surface area contributed by atoms with Crippen molar-refractivity contribution in [3.05, 3.63) is 43.1 Å². The number of anilines is 2. The van der Waals surface area contributed by atoms with Crippen molar-refractivity contribution in [3.63, 3.8) is 0 Å². The first-order valence-electron chi connectivity index (χ1n) is 11.9. The van der Waals surface area contributed by atoms with Gasteiger partial charge in [-0.1, -0.05) is 6.92 Å². The van der Waals surface area contributed by atoms with Crippen LogP contribution in [-0.4, -0.2) is 54.1 Å². The Morgan fingerprint density at radius 3 is 2.74 bits per heavy atom. The number of pyridine rings is 3. The molecule has 5 aromatic rings. The molecule has 35 heavy (non-hydrogen) atoms. The van der Waals surface area contributed by atoms with Gasteiger partial charge < -0.3 is 15.2 Å². The first-order valence-corrected chi connectivity index (χ1v) is 11.9. The topological polar surface area (TPSA) is 128 Å². The lowest BCUT2D eigenvalue weighted by molar-refractivity contribution is -0.115. The number of rotatable bonds is 5. The fraction of sp³-hybridized carbons (Fsp3) is 0.280. The summed E-state index contributed by atoms with van der Waals surface area (Å²) < 4.78 is 0. The van der Waals surface area contributed by atoms with Gasteiger partial charge in [0.2, 0.25) is 5.91 Å². The van der Waals surface area contributed by atoms with Gasteiger partial charge in [0, 0.05) is 36.7 Å². The van der Waals surface area contributed by atoms with Crippen molar-refractivity contribution in [2.24, 2.45) is 0 Å². The highest BCUT2D eigenvalue weighted by molar-refractivity contribution is 5.97. The number of H-pyrrole nitrogens is 2. The summed E-state index contributed by atoms with van der Waals surface area (Å²) in [4.78, 5) is 35.8. The summed E-state index contributed by atoms with van der Waals surface area (Å²) in [6.07, 6.45) is 12.9. The number of hydrogen-bond acceptors (Lipinski definition) is 7. The van der Waals surface area contributed by atoms with Crippen LogP contribution in [0.3, 0.4) is 0 Å². The highest BCUT2D eigenvalue weighted by Gasteiger charge is 2.19. The second-order valence-corrected chi connectivity index (χ2v) is 8.74. The molecule has 0 aromatic carbocycles. The number of imidazole rings is 1. The molecule has 0 unspecified atom stereocenters. The predicted molar refractivity (Wildman–Crippen MR) is 135 cm³/mol.